The van der Waals surface area contributed by atoms with Crippen LogP contribution < -0.4 is 10.7 Å². The number of carbonyl (C=O) groups excluding carboxylic acids is 1. The van der Waals surface area contributed by atoms with E-state index in [-0.39, 0.29) is 5.91 Å². The lowest BCUT2D eigenvalue weighted by molar-refractivity contribution is -0.131. The normalized spacial score (nSPS) is 18.3. The van der Waals surface area contributed by atoms with Gasteiger partial charge in [0.15, 0.2) is 0 Å². The van der Waals surface area contributed by atoms with E-state index in [2.05, 4.69) is 39.9 Å². The molecule has 2 aliphatic rings. The van der Waals surface area contributed by atoms with Gasteiger partial charge in [-0.1, -0.05) is 54.1 Å². The average Bonchev–Trinajstić information content (AvgIpc) is 2.70. The third-order valence-electron chi connectivity index (χ3n) is 5.17. The number of hydrogen-bond acceptors (Lipinski definition) is 4. The number of benzene rings is 2. The third-order valence-corrected chi connectivity index (χ3v) is 5.41. The molecule has 5 nitrogen and oxygen atoms in total. The van der Waals surface area contributed by atoms with Crippen LogP contribution in [0, 0.1) is 0 Å². The fourth-order valence-electron chi connectivity index (χ4n) is 3.77. The van der Waals surface area contributed by atoms with Gasteiger partial charge in [-0.2, -0.15) is 0 Å². The van der Waals surface area contributed by atoms with Crippen LogP contribution in [0.5, 0.6) is 0 Å². The maximum atomic E-state index is 13.3. The molecule has 4 rings (SSSR count). The molecule has 0 unspecified atom stereocenters. The first kappa shape index (κ1) is 19.0. The van der Waals surface area contributed by atoms with Gasteiger partial charge in [-0.05, 0) is 23.3 Å². The molecule has 28 heavy (non-hydrogen) atoms. The van der Waals surface area contributed by atoms with Crippen LogP contribution >= 0.6 is 11.6 Å². The Bertz CT molecular complexity index is 868. The fourth-order valence-corrected chi connectivity index (χ4v) is 3.98. The fraction of sp³-hybridized carbons (Fsp3) is 0.318. The van der Waals surface area contributed by atoms with E-state index in [1.54, 1.807) is 5.01 Å². The van der Waals surface area contributed by atoms with Crippen LogP contribution in [0.3, 0.4) is 0 Å². The van der Waals surface area contributed by atoms with Gasteiger partial charge in [-0.3, -0.25) is 14.7 Å². The zero-order chi connectivity index (χ0) is 19.3. The Hall–Kier alpha value is -2.34. The summed E-state index contributed by atoms with van der Waals surface area (Å²) >= 11 is 6.11. The van der Waals surface area contributed by atoms with E-state index >= 15 is 0 Å². The van der Waals surface area contributed by atoms with Crippen LogP contribution in [0.15, 0.2) is 65.9 Å². The van der Waals surface area contributed by atoms with Gasteiger partial charge in [-0.15, -0.1) is 0 Å². The van der Waals surface area contributed by atoms with Gasteiger partial charge in [0.2, 0.25) is 0 Å². The Morgan fingerprint density at radius 3 is 2.61 bits per heavy atom. The number of nitrogens with one attached hydrogen (secondary N) is 2. The third kappa shape index (κ3) is 4.55. The molecule has 2 aliphatic heterocycles. The van der Waals surface area contributed by atoms with E-state index in [0.717, 1.165) is 42.9 Å². The van der Waals surface area contributed by atoms with Crippen LogP contribution in [0.1, 0.15) is 17.5 Å². The molecule has 0 fully saturated rings. The van der Waals surface area contributed by atoms with Crippen molar-refractivity contribution in [3.63, 3.8) is 0 Å². The number of hydrogen-bond donors (Lipinski definition) is 2. The first-order valence-corrected chi connectivity index (χ1v) is 10.1. The van der Waals surface area contributed by atoms with Crippen molar-refractivity contribution in [2.75, 3.05) is 26.2 Å². The van der Waals surface area contributed by atoms with Gasteiger partial charge >= 0.3 is 0 Å². The molecule has 0 aromatic heterocycles. The van der Waals surface area contributed by atoms with Crippen LogP contribution in [0.4, 0.5) is 0 Å². The van der Waals surface area contributed by atoms with Gasteiger partial charge in [0.1, 0.15) is 0 Å². The van der Waals surface area contributed by atoms with E-state index in [0.29, 0.717) is 24.7 Å². The maximum Gasteiger partial charge on any atom is 0.267 e. The predicted octanol–water partition coefficient (Wildman–Crippen LogP) is 2.94. The van der Waals surface area contributed by atoms with Crippen molar-refractivity contribution in [1.29, 1.82) is 0 Å². The predicted molar refractivity (Wildman–Crippen MR) is 111 cm³/mol. The van der Waals surface area contributed by atoms with Crippen molar-refractivity contribution in [3.8, 4) is 0 Å². The Labute approximate surface area is 170 Å². The summed E-state index contributed by atoms with van der Waals surface area (Å²) in [6, 6.07) is 18.1. The SMILES string of the molecule is O=C1C2=C(CCN(Cc3ccccc3)C2)NCCNN1Cc1cccc(Cl)c1. The van der Waals surface area contributed by atoms with Crippen molar-refractivity contribution < 1.29 is 4.79 Å². The number of carbonyl (C=O) groups is 1. The summed E-state index contributed by atoms with van der Waals surface area (Å²) < 4.78 is 0. The monoisotopic (exact) mass is 396 g/mol. The molecule has 0 atom stereocenters. The number of amides is 1. The highest BCUT2D eigenvalue weighted by atomic mass is 35.5. The molecule has 2 aromatic rings. The topological polar surface area (TPSA) is 47.6 Å². The Morgan fingerprint density at radius 1 is 0.964 bits per heavy atom. The summed E-state index contributed by atoms with van der Waals surface area (Å²) in [6.45, 7) is 4.47. The Morgan fingerprint density at radius 2 is 1.79 bits per heavy atom. The molecule has 0 spiro atoms. The summed E-state index contributed by atoms with van der Waals surface area (Å²) in [4.78, 5) is 15.7. The lowest BCUT2D eigenvalue weighted by atomic mass is 10.0. The highest BCUT2D eigenvalue weighted by Crippen LogP contribution is 2.22. The van der Waals surface area contributed by atoms with E-state index < -0.39 is 0 Å². The van der Waals surface area contributed by atoms with E-state index in [9.17, 15) is 4.79 Å². The van der Waals surface area contributed by atoms with Gasteiger partial charge in [0.25, 0.3) is 5.91 Å². The molecule has 0 saturated carbocycles. The first-order chi connectivity index (χ1) is 13.7. The number of halogens is 1. The zero-order valence-corrected chi connectivity index (χ0v) is 16.6. The second-order valence-electron chi connectivity index (χ2n) is 7.26. The summed E-state index contributed by atoms with van der Waals surface area (Å²) in [7, 11) is 0. The molecule has 0 aliphatic carbocycles. The van der Waals surface area contributed by atoms with Crippen LogP contribution in [0.25, 0.3) is 0 Å². The largest absolute Gasteiger partial charge is 0.387 e. The Kier molecular flexibility index (Phi) is 5.95. The van der Waals surface area contributed by atoms with Gasteiger partial charge < -0.3 is 5.32 Å². The molecule has 146 valence electrons. The molecule has 6 heteroatoms. The smallest absolute Gasteiger partial charge is 0.267 e. The van der Waals surface area contributed by atoms with Crippen molar-refractivity contribution in [3.05, 3.63) is 82.0 Å². The number of rotatable bonds is 4. The number of nitrogens with zero attached hydrogens (tertiary/aromatic N) is 2. The van der Waals surface area contributed by atoms with Crippen LogP contribution in [-0.4, -0.2) is 42.0 Å². The summed E-state index contributed by atoms with van der Waals surface area (Å²) in [5.74, 6) is 0.0416. The van der Waals surface area contributed by atoms with Crippen molar-refractivity contribution in [2.24, 2.45) is 0 Å². The van der Waals surface area contributed by atoms with Crippen molar-refractivity contribution >= 4 is 17.5 Å². The lowest BCUT2D eigenvalue weighted by Crippen LogP contribution is -2.51. The molecular formula is C22H25ClN4O. The molecule has 2 aromatic carbocycles. The van der Waals surface area contributed by atoms with Gasteiger partial charge in [-0.25, -0.2) is 5.43 Å². The highest BCUT2D eigenvalue weighted by molar-refractivity contribution is 6.30. The average molecular weight is 397 g/mol. The van der Waals surface area contributed by atoms with Gasteiger partial charge in [0, 0.05) is 49.9 Å². The van der Waals surface area contributed by atoms with Crippen LogP contribution in [0.2, 0.25) is 5.02 Å². The molecule has 1 amide bonds. The minimum Gasteiger partial charge on any atom is -0.387 e. The maximum absolute atomic E-state index is 13.3. The standard InChI is InChI=1S/C22H25ClN4O/c23-19-8-4-7-18(13-19)15-27-22(28)20-16-26(14-17-5-2-1-3-6-17)12-9-21(20)24-10-11-25-27/h1-8,13,24-25H,9-12,14-16H2. The minimum absolute atomic E-state index is 0.0416. The summed E-state index contributed by atoms with van der Waals surface area (Å²) in [5, 5.41) is 5.87. The van der Waals surface area contributed by atoms with Crippen molar-refractivity contribution in [2.45, 2.75) is 19.5 Å². The van der Waals surface area contributed by atoms with Crippen LogP contribution in [-0.2, 0) is 17.9 Å². The lowest BCUT2D eigenvalue weighted by Gasteiger charge is -2.35. The Balaban J connectivity index is 1.51. The zero-order valence-electron chi connectivity index (χ0n) is 15.8. The quantitative estimate of drug-likeness (QED) is 0.834. The van der Waals surface area contributed by atoms with Crippen molar-refractivity contribution in [1.82, 2.24) is 20.7 Å². The first-order valence-electron chi connectivity index (χ1n) is 9.71. The highest BCUT2D eigenvalue weighted by Gasteiger charge is 2.28. The minimum atomic E-state index is 0.0416. The molecule has 2 N–H and O–H groups in total. The van der Waals surface area contributed by atoms with E-state index in [1.165, 1.54) is 5.56 Å². The van der Waals surface area contributed by atoms with E-state index in [1.807, 2.05) is 30.3 Å². The second-order valence-corrected chi connectivity index (χ2v) is 7.70. The molecular weight excluding hydrogens is 372 g/mol. The molecule has 2 heterocycles. The van der Waals surface area contributed by atoms with E-state index in [4.69, 9.17) is 11.6 Å². The number of hydrazine groups is 1. The summed E-state index contributed by atoms with van der Waals surface area (Å²) in [5.41, 5.74) is 7.49. The summed E-state index contributed by atoms with van der Waals surface area (Å²) in [6.07, 6.45) is 0.874. The molecule has 0 bridgehead atoms. The molecule has 0 radical (unpaired) electrons. The second kappa shape index (κ2) is 8.78. The van der Waals surface area contributed by atoms with Gasteiger partial charge in [0.05, 0.1) is 12.1 Å². The molecule has 0 saturated heterocycles.